The number of ether oxygens (including phenoxy) is 2. The third-order valence-corrected chi connectivity index (χ3v) is 6.23. The maximum Gasteiger partial charge on any atom is 0.229 e. The van der Waals surface area contributed by atoms with Gasteiger partial charge in [0.25, 0.3) is 0 Å². The molecule has 0 radical (unpaired) electrons. The lowest BCUT2D eigenvalue weighted by Crippen LogP contribution is -2.60. The Labute approximate surface area is 199 Å². The molecule has 33 heavy (non-hydrogen) atoms. The van der Waals surface area contributed by atoms with Crippen LogP contribution in [0.3, 0.4) is 0 Å². The number of hydrogen-bond donors (Lipinski definition) is 4. The van der Waals surface area contributed by atoms with E-state index in [4.69, 9.17) is 9.47 Å². The summed E-state index contributed by atoms with van der Waals surface area (Å²) < 4.78 is 11.1. The third-order valence-electron chi connectivity index (χ3n) is 6.23. The van der Waals surface area contributed by atoms with Crippen LogP contribution in [0.25, 0.3) is 0 Å². The summed E-state index contributed by atoms with van der Waals surface area (Å²) in [5.74, 6) is 0.526. The highest BCUT2D eigenvalue weighted by atomic mass is 16.7. The SMILES string of the molecule is CCCCCC/C=C/CCCCCCCc1cccc(O[C@@H]2O[C@H](CO)[C@@H](O)[C@H](O)[C@H]2O)c1. The van der Waals surface area contributed by atoms with Gasteiger partial charge in [0.15, 0.2) is 0 Å². The second-order valence-corrected chi connectivity index (χ2v) is 9.09. The molecule has 0 aromatic heterocycles. The molecule has 0 aliphatic carbocycles. The molecule has 0 saturated carbocycles. The molecule has 1 heterocycles. The molecule has 0 unspecified atom stereocenters. The van der Waals surface area contributed by atoms with Crippen LogP contribution in [0.15, 0.2) is 36.4 Å². The smallest absolute Gasteiger partial charge is 0.229 e. The van der Waals surface area contributed by atoms with Crippen LogP contribution in [-0.2, 0) is 11.2 Å². The van der Waals surface area contributed by atoms with Crippen molar-refractivity contribution in [3.8, 4) is 5.75 Å². The van der Waals surface area contributed by atoms with Gasteiger partial charge in [-0.05, 0) is 56.2 Å². The summed E-state index contributed by atoms with van der Waals surface area (Å²) in [6, 6.07) is 7.61. The summed E-state index contributed by atoms with van der Waals surface area (Å²) in [5.41, 5.74) is 1.14. The summed E-state index contributed by atoms with van der Waals surface area (Å²) in [5, 5.41) is 39.2. The molecular formula is C27H44O6. The summed E-state index contributed by atoms with van der Waals surface area (Å²) in [6.07, 6.45) is 13.1. The lowest BCUT2D eigenvalue weighted by Gasteiger charge is -2.39. The van der Waals surface area contributed by atoms with Crippen molar-refractivity contribution in [1.82, 2.24) is 0 Å². The predicted octanol–water partition coefficient (Wildman–Crippen LogP) is 4.28. The van der Waals surface area contributed by atoms with Crippen LogP contribution in [0.5, 0.6) is 5.75 Å². The van der Waals surface area contributed by atoms with Crippen LogP contribution in [0.2, 0.25) is 0 Å². The lowest BCUT2D eigenvalue weighted by molar-refractivity contribution is -0.277. The van der Waals surface area contributed by atoms with Gasteiger partial charge >= 0.3 is 0 Å². The fourth-order valence-corrected chi connectivity index (χ4v) is 4.12. The van der Waals surface area contributed by atoms with Crippen LogP contribution in [0.4, 0.5) is 0 Å². The zero-order valence-electron chi connectivity index (χ0n) is 20.1. The molecule has 0 amide bonds. The van der Waals surface area contributed by atoms with E-state index in [2.05, 4.69) is 19.1 Å². The minimum absolute atomic E-state index is 0.472. The van der Waals surface area contributed by atoms with E-state index in [1.165, 1.54) is 64.2 Å². The first-order valence-corrected chi connectivity index (χ1v) is 12.8. The number of benzene rings is 1. The monoisotopic (exact) mass is 464 g/mol. The second kappa shape index (κ2) is 16.2. The van der Waals surface area contributed by atoms with Gasteiger partial charge in [-0.3, -0.25) is 0 Å². The lowest BCUT2D eigenvalue weighted by atomic mass is 9.99. The Balaban J connectivity index is 1.62. The van der Waals surface area contributed by atoms with Gasteiger partial charge in [0, 0.05) is 0 Å². The van der Waals surface area contributed by atoms with Gasteiger partial charge in [0.2, 0.25) is 6.29 Å². The molecule has 0 spiro atoms. The van der Waals surface area contributed by atoms with Gasteiger partial charge < -0.3 is 29.9 Å². The van der Waals surface area contributed by atoms with Crippen molar-refractivity contribution >= 4 is 0 Å². The Morgan fingerprint density at radius 1 is 0.848 bits per heavy atom. The van der Waals surface area contributed by atoms with Crippen molar-refractivity contribution in [2.75, 3.05) is 6.61 Å². The van der Waals surface area contributed by atoms with Crippen LogP contribution >= 0.6 is 0 Å². The maximum absolute atomic E-state index is 10.1. The van der Waals surface area contributed by atoms with Crippen molar-refractivity contribution in [3.63, 3.8) is 0 Å². The summed E-state index contributed by atoms with van der Waals surface area (Å²) in [4.78, 5) is 0. The average Bonchev–Trinajstić information content (AvgIpc) is 2.82. The molecule has 6 heteroatoms. The van der Waals surface area contributed by atoms with Crippen LogP contribution in [-0.4, -0.2) is 57.7 Å². The normalized spacial score (nSPS) is 25.5. The van der Waals surface area contributed by atoms with Gasteiger partial charge in [0.05, 0.1) is 6.61 Å². The van der Waals surface area contributed by atoms with Gasteiger partial charge in [-0.15, -0.1) is 0 Å². The molecule has 1 saturated heterocycles. The highest BCUT2D eigenvalue weighted by Gasteiger charge is 2.44. The number of aryl methyl sites for hydroxylation is 1. The number of hydrogen-bond acceptors (Lipinski definition) is 6. The molecule has 1 aromatic carbocycles. The first-order chi connectivity index (χ1) is 16.1. The number of rotatable bonds is 16. The standard InChI is InChI=1S/C27H44O6/c1-2-3-4-5-6-7-8-9-10-11-12-13-14-16-21-17-15-18-22(19-21)32-27-26(31)25(30)24(29)23(20-28)33-27/h7-8,15,17-19,23-31H,2-6,9-14,16,20H2,1H3/b8-7+/t23-,24-,25+,26-,27-/m1/s1. The van der Waals surface area contributed by atoms with Gasteiger partial charge in [-0.1, -0.05) is 69.7 Å². The van der Waals surface area contributed by atoms with E-state index in [-0.39, 0.29) is 0 Å². The zero-order valence-corrected chi connectivity index (χ0v) is 20.1. The third kappa shape index (κ3) is 10.1. The molecule has 0 bridgehead atoms. The minimum Gasteiger partial charge on any atom is -0.462 e. The highest BCUT2D eigenvalue weighted by Crippen LogP contribution is 2.25. The number of aliphatic hydroxyl groups excluding tert-OH is 4. The van der Waals surface area contributed by atoms with E-state index >= 15 is 0 Å². The molecule has 1 aromatic rings. The fraction of sp³-hybridized carbons (Fsp3) is 0.704. The Hall–Kier alpha value is -1.44. The molecule has 6 nitrogen and oxygen atoms in total. The van der Waals surface area contributed by atoms with E-state index < -0.39 is 37.3 Å². The molecule has 1 aliphatic heterocycles. The fourth-order valence-electron chi connectivity index (χ4n) is 4.12. The molecule has 4 N–H and O–H groups in total. The number of allylic oxidation sites excluding steroid dienone is 2. The van der Waals surface area contributed by atoms with Gasteiger partial charge in [-0.2, -0.15) is 0 Å². The Morgan fingerprint density at radius 3 is 2.21 bits per heavy atom. The Kier molecular flexibility index (Phi) is 13.7. The summed E-state index contributed by atoms with van der Waals surface area (Å²) in [7, 11) is 0. The first kappa shape index (κ1) is 27.8. The van der Waals surface area contributed by atoms with E-state index in [0.717, 1.165) is 18.4 Å². The highest BCUT2D eigenvalue weighted by molar-refractivity contribution is 5.28. The number of unbranched alkanes of at least 4 members (excludes halogenated alkanes) is 9. The molecule has 2 rings (SSSR count). The van der Waals surface area contributed by atoms with Crippen molar-refractivity contribution in [2.24, 2.45) is 0 Å². The van der Waals surface area contributed by atoms with Crippen molar-refractivity contribution in [1.29, 1.82) is 0 Å². The van der Waals surface area contributed by atoms with E-state index in [0.29, 0.717) is 5.75 Å². The molecule has 5 atom stereocenters. The minimum atomic E-state index is -1.44. The van der Waals surface area contributed by atoms with Crippen molar-refractivity contribution < 1.29 is 29.9 Å². The quantitative estimate of drug-likeness (QED) is 0.215. The largest absolute Gasteiger partial charge is 0.462 e. The molecular weight excluding hydrogens is 420 g/mol. The number of aliphatic hydroxyl groups is 4. The van der Waals surface area contributed by atoms with E-state index in [1.807, 2.05) is 18.2 Å². The van der Waals surface area contributed by atoms with E-state index in [1.54, 1.807) is 6.07 Å². The predicted molar refractivity (Wildman–Crippen MR) is 130 cm³/mol. The van der Waals surface area contributed by atoms with Crippen molar-refractivity contribution in [3.05, 3.63) is 42.0 Å². The molecule has 1 aliphatic rings. The van der Waals surface area contributed by atoms with Crippen LogP contribution in [0.1, 0.15) is 83.1 Å². The zero-order chi connectivity index (χ0) is 23.9. The topological polar surface area (TPSA) is 99.4 Å². The summed E-state index contributed by atoms with van der Waals surface area (Å²) >= 11 is 0. The Bertz CT molecular complexity index is 662. The first-order valence-electron chi connectivity index (χ1n) is 12.8. The van der Waals surface area contributed by atoms with E-state index in [9.17, 15) is 20.4 Å². The van der Waals surface area contributed by atoms with Gasteiger partial charge in [-0.25, -0.2) is 0 Å². The van der Waals surface area contributed by atoms with Crippen molar-refractivity contribution in [2.45, 2.75) is 115 Å². The molecule has 1 fully saturated rings. The second-order valence-electron chi connectivity index (χ2n) is 9.09. The van der Waals surface area contributed by atoms with Gasteiger partial charge in [0.1, 0.15) is 30.2 Å². The molecule has 188 valence electrons. The maximum atomic E-state index is 10.1. The Morgan fingerprint density at radius 2 is 1.52 bits per heavy atom. The average molecular weight is 465 g/mol. The van der Waals surface area contributed by atoms with Crippen LogP contribution in [0, 0.1) is 0 Å². The summed E-state index contributed by atoms with van der Waals surface area (Å²) in [6.45, 7) is 1.77. The van der Waals surface area contributed by atoms with Crippen LogP contribution < -0.4 is 4.74 Å².